The van der Waals surface area contributed by atoms with E-state index in [4.69, 9.17) is 14.2 Å². The lowest BCUT2D eigenvalue weighted by Crippen LogP contribution is -2.63. The number of nitrogens with zero attached hydrogens (tertiary/aromatic N) is 2. The van der Waals surface area contributed by atoms with Crippen molar-refractivity contribution >= 4 is 5.91 Å². The molecule has 6 heteroatoms. The SMILES string of the molecule is O=C1N(CCOC2CCCCO2)CC2(CCN(CCc3ccccc3)CC2)OC12CC2. The van der Waals surface area contributed by atoms with Gasteiger partial charge in [-0.2, -0.15) is 0 Å². The van der Waals surface area contributed by atoms with Gasteiger partial charge in [-0.1, -0.05) is 30.3 Å². The Morgan fingerprint density at radius 1 is 1.03 bits per heavy atom. The molecule has 31 heavy (non-hydrogen) atoms. The number of ether oxygens (including phenoxy) is 3. The molecule has 170 valence electrons. The molecular formula is C25H36N2O4. The number of rotatable bonds is 7. The molecule has 6 nitrogen and oxygen atoms in total. The third-order valence-corrected chi connectivity index (χ3v) is 7.40. The molecule has 0 radical (unpaired) electrons. The van der Waals surface area contributed by atoms with E-state index < -0.39 is 5.60 Å². The minimum Gasteiger partial charge on any atom is -0.357 e. The highest BCUT2D eigenvalue weighted by molar-refractivity contribution is 5.89. The third kappa shape index (κ3) is 4.98. The van der Waals surface area contributed by atoms with E-state index in [2.05, 4.69) is 35.2 Å². The number of benzene rings is 1. The van der Waals surface area contributed by atoms with Crippen LogP contribution < -0.4 is 0 Å². The van der Waals surface area contributed by atoms with Crippen LogP contribution in [0.4, 0.5) is 0 Å². The van der Waals surface area contributed by atoms with Crippen LogP contribution in [0, 0.1) is 0 Å². The molecule has 0 bridgehead atoms. The quantitative estimate of drug-likeness (QED) is 0.668. The third-order valence-electron chi connectivity index (χ3n) is 7.40. The first-order valence-electron chi connectivity index (χ1n) is 12.2. The topological polar surface area (TPSA) is 51.2 Å². The maximum atomic E-state index is 13.0. The van der Waals surface area contributed by atoms with Gasteiger partial charge in [0.05, 0.1) is 12.2 Å². The predicted molar refractivity (Wildman–Crippen MR) is 118 cm³/mol. The van der Waals surface area contributed by atoms with Gasteiger partial charge in [-0.25, -0.2) is 0 Å². The number of carbonyl (C=O) groups is 1. The fraction of sp³-hybridized carbons (Fsp3) is 0.720. The normalized spacial score (nSPS) is 27.7. The van der Waals surface area contributed by atoms with Gasteiger partial charge in [-0.05, 0) is 56.9 Å². The molecule has 1 aromatic carbocycles. The molecule has 1 amide bonds. The van der Waals surface area contributed by atoms with Crippen molar-refractivity contribution in [2.24, 2.45) is 0 Å². The molecule has 1 atom stereocenters. The Morgan fingerprint density at radius 2 is 1.84 bits per heavy atom. The van der Waals surface area contributed by atoms with Gasteiger partial charge < -0.3 is 24.0 Å². The van der Waals surface area contributed by atoms with Crippen molar-refractivity contribution in [2.75, 3.05) is 45.9 Å². The second kappa shape index (κ2) is 9.18. The number of morpholine rings is 1. The zero-order valence-corrected chi connectivity index (χ0v) is 18.6. The first-order valence-corrected chi connectivity index (χ1v) is 12.2. The van der Waals surface area contributed by atoms with E-state index in [0.717, 1.165) is 77.6 Å². The monoisotopic (exact) mass is 428 g/mol. The molecule has 3 heterocycles. The van der Waals surface area contributed by atoms with Crippen LogP contribution in [-0.2, 0) is 25.4 Å². The van der Waals surface area contributed by atoms with E-state index in [-0.39, 0.29) is 17.8 Å². The van der Waals surface area contributed by atoms with E-state index in [1.54, 1.807) is 0 Å². The molecule has 1 saturated carbocycles. The Morgan fingerprint density at radius 3 is 2.55 bits per heavy atom. The van der Waals surface area contributed by atoms with Crippen LogP contribution in [-0.4, -0.2) is 79.1 Å². The maximum absolute atomic E-state index is 13.0. The minimum absolute atomic E-state index is 0.0957. The summed E-state index contributed by atoms with van der Waals surface area (Å²) in [4.78, 5) is 17.6. The second-order valence-corrected chi connectivity index (χ2v) is 9.75. The van der Waals surface area contributed by atoms with Crippen LogP contribution in [0.1, 0.15) is 50.5 Å². The lowest BCUT2D eigenvalue weighted by Gasteiger charge is -2.50. The zero-order chi connectivity index (χ0) is 21.2. The molecule has 5 rings (SSSR count). The molecule has 1 aromatic rings. The minimum atomic E-state index is -0.536. The Labute approximate surface area is 185 Å². The Bertz CT molecular complexity index is 737. The van der Waals surface area contributed by atoms with Crippen LogP contribution in [0.2, 0.25) is 0 Å². The van der Waals surface area contributed by atoms with E-state index in [1.807, 2.05) is 4.90 Å². The Kier molecular flexibility index (Phi) is 6.33. The number of likely N-dealkylation sites (tertiary alicyclic amines) is 1. The van der Waals surface area contributed by atoms with E-state index in [1.165, 1.54) is 5.56 Å². The van der Waals surface area contributed by atoms with Gasteiger partial charge in [-0.3, -0.25) is 4.79 Å². The molecule has 3 saturated heterocycles. The summed E-state index contributed by atoms with van der Waals surface area (Å²) < 4.78 is 18.2. The summed E-state index contributed by atoms with van der Waals surface area (Å²) in [6.07, 6.45) is 7.97. The van der Waals surface area contributed by atoms with Gasteiger partial charge in [0.1, 0.15) is 5.60 Å². The number of carbonyl (C=O) groups excluding carboxylic acids is 1. The van der Waals surface area contributed by atoms with Gasteiger partial charge in [0.15, 0.2) is 6.29 Å². The molecule has 0 aromatic heterocycles. The average Bonchev–Trinajstić information content (AvgIpc) is 3.58. The Balaban J connectivity index is 1.13. The van der Waals surface area contributed by atoms with Crippen molar-refractivity contribution in [2.45, 2.75) is 68.9 Å². The summed E-state index contributed by atoms with van der Waals surface area (Å²) in [5, 5.41) is 0. The van der Waals surface area contributed by atoms with Gasteiger partial charge in [-0.15, -0.1) is 0 Å². The van der Waals surface area contributed by atoms with Crippen LogP contribution in [0.3, 0.4) is 0 Å². The predicted octanol–water partition coefficient (Wildman–Crippen LogP) is 3.00. The van der Waals surface area contributed by atoms with Gasteiger partial charge >= 0.3 is 0 Å². The smallest absolute Gasteiger partial charge is 0.255 e. The largest absolute Gasteiger partial charge is 0.357 e. The van der Waals surface area contributed by atoms with Crippen LogP contribution in [0.25, 0.3) is 0 Å². The second-order valence-electron chi connectivity index (χ2n) is 9.75. The number of hydrogen-bond donors (Lipinski definition) is 0. The van der Waals surface area contributed by atoms with Crippen LogP contribution in [0.15, 0.2) is 30.3 Å². The number of piperidine rings is 1. The lowest BCUT2D eigenvalue weighted by molar-refractivity contribution is -0.205. The summed E-state index contributed by atoms with van der Waals surface area (Å²) in [6, 6.07) is 10.7. The standard InChI is InChI=1S/C25H36N2O4/c28-23-25(10-11-25)31-24(20-27(23)17-19-30-22-8-4-5-18-29-22)12-15-26(16-13-24)14-9-21-6-2-1-3-7-21/h1-3,6-7,22H,4-5,8-20H2. The van der Waals surface area contributed by atoms with Crippen molar-refractivity contribution in [3.05, 3.63) is 35.9 Å². The first kappa shape index (κ1) is 21.4. The van der Waals surface area contributed by atoms with E-state index in [0.29, 0.717) is 19.7 Å². The van der Waals surface area contributed by atoms with Gasteiger partial charge in [0.25, 0.3) is 5.91 Å². The molecule has 1 unspecified atom stereocenters. The van der Waals surface area contributed by atoms with Crippen LogP contribution in [0.5, 0.6) is 0 Å². The van der Waals surface area contributed by atoms with Crippen molar-refractivity contribution in [3.8, 4) is 0 Å². The van der Waals surface area contributed by atoms with Gasteiger partial charge in [0, 0.05) is 39.3 Å². The highest BCUT2D eigenvalue weighted by Gasteiger charge is 2.61. The first-order chi connectivity index (χ1) is 15.2. The number of hydrogen-bond acceptors (Lipinski definition) is 5. The highest BCUT2D eigenvalue weighted by atomic mass is 16.7. The molecule has 0 N–H and O–H groups in total. The van der Waals surface area contributed by atoms with Crippen LogP contribution >= 0.6 is 0 Å². The maximum Gasteiger partial charge on any atom is 0.255 e. The van der Waals surface area contributed by atoms with E-state index >= 15 is 0 Å². The summed E-state index contributed by atoms with van der Waals surface area (Å²) in [6.45, 7) is 5.84. The fourth-order valence-corrected chi connectivity index (χ4v) is 5.32. The summed E-state index contributed by atoms with van der Waals surface area (Å²) in [5.41, 5.74) is 0.674. The molecule has 4 aliphatic rings. The fourth-order valence-electron chi connectivity index (χ4n) is 5.32. The molecule has 2 spiro atoms. The summed E-state index contributed by atoms with van der Waals surface area (Å²) >= 11 is 0. The molecule has 3 aliphatic heterocycles. The number of amides is 1. The van der Waals surface area contributed by atoms with Crippen molar-refractivity contribution < 1.29 is 19.0 Å². The van der Waals surface area contributed by atoms with Gasteiger partial charge in [0.2, 0.25) is 0 Å². The lowest BCUT2D eigenvalue weighted by atomic mass is 9.87. The van der Waals surface area contributed by atoms with Crippen molar-refractivity contribution in [3.63, 3.8) is 0 Å². The highest BCUT2D eigenvalue weighted by Crippen LogP contribution is 2.49. The van der Waals surface area contributed by atoms with Crippen molar-refractivity contribution in [1.82, 2.24) is 9.80 Å². The molecular weight excluding hydrogens is 392 g/mol. The van der Waals surface area contributed by atoms with E-state index in [9.17, 15) is 4.79 Å². The summed E-state index contributed by atoms with van der Waals surface area (Å²) in [7, 11) is 0. The molecule has 4 fully saturated rings. The average molecular weight is 429 g/mol. The zero-order valence-electron chi connectivity index (χ0n) is 18.6. The summed E-state index contributed by atoms with van der Waals surface area (Å²) in [5.74, 6) is 0.179. The van der Waals surface area contributed by atoms with Crippen molar-refractivity contribution in [1.29, 1.82) is 0 Å². The Hall–Kier alpha value is -1.47. The molecule has 1 aliphatic carbocycles.